The highest BCUT2D eigenvalue weighted by Crippen LogP contribution is 2.50. The van der Waals surface area contributed by atoms with Gasteiger partial charge < -0.3 is 10.1 Å². The molecule has 3 rings (SSSR count). The van der Waals surface area contributed by atoms with E-state index in [1.54, 1.807) is 0 Å². The Balaban J connectivity index is 2.08. The maximum absolute atomic E-state index is 11.9. The molecule has 3 atom stereocenters. The number of likely N-dealkylation sites (N-methyl/N-ethyl adjacent to an activating group) is 1. The van der Waals surface area contributed by atoms with Crippen LogP contribution < -0.4 is 5.32 Å². The van der Waals surface area contributed by atoms with E-state index < -0.39 is 5.41 Å². The monoisotopic (exact) mass is 222 g/mol. The summed E-state index contributed by atoms with van der Waals surface area (Å²) < 4.78 is 5.08. The van der Waals surface area contributed by atoms with E-state index in [9.17, 15) is 9.59 Å². The summed E-state index contributed by atoms with van der Waals surface area (Å²) in [4.78, 5) is 25.6. The fourth-order valence-electron chi connectivity index (χ4n) is 3.34. The Morgan fingerprint density at radius 1 is 1.56 bits per heavy atom. The summed E-state index contributed by atoms with van der Waals surface area (Å²) in [6.45, 7) is 4.32. The number of esters is 1. The van der Waals surface area contributed by atoms with E-state index in [4.69, 9.17) is 4.74 Å². The van der Waals surface area contributed by atoms with E-state index in [2.05, 4.69) is 11.9 Å². The fourth-order valence-corrected chi connectivity index (χ4v) is 3.34. The Hall–Kier alpha value is -1.36. The minimum absolute atomic E-state index is 0.0553. The summed E-state index contributed by atoms with van der Waals surface area (Å²) in [6, 6.07) is -0.327. The average Bonchev–Trinajstić information content (AvgIpc) is 2.66. The van der Waals surface area contributed by atoms with E-state index in [-0.39, 0.29) is 24.0 Å². The molecular weight excluding hydrogens is 208 g/mol. The molecule has 1 N–H and O–H groups in total. The number of cyclic esters (lactones) is 1. The molecule has 0 aromatic carbocycles. The topological polar surface area (TPSA) is 58.6 Å². The lowest BCUT2D eigenvalue weighted by Crippen LogP contribution is -2.54. The zero-order chi connectivity index (χ0) is 11.5. The first-order valence-corrected chi connectivity index (χ1v) is 5.45. The van der Waals surface area contributed by atoms with Gasteiger partial charge >= 0.3 is 5.97 Å². The van der Waals surface area contributed by atoms with Gasteiger partial charge in [0.2, 0.25) is 5.91 Å². The third kappa shape index (κ3) is 0.942. The Bertz CT molecular complexity index is 406. The zero-order valence-electron chi connectivity index (χ0n) is 9.16. The molecule has 0 radical (unpaired) electrons. The lowest BCUT2D eigenvalue weighted by molar-refractivity contribution is -0.146. The van der Waals surface area contributed by atoms with Crippen LogP contribution in [0.25, 0.3) is 0 Å². The van der Waals surface area contributed by atoms with Crippen molar-refractivity contribution < 1.29 is 14.3 Å². The third-order valence-corrected chi connectivity index (χ3v) is 4.08. The van der Waals surface area contributed by atoms with Gasteiger partial charge in [0.1, 0.15) is 0 Å². The van der Waals surface area contributed by atoms with Gasteiger partial charge in [-0.15, -0.1) is 0 Å². The van der Waals surface area contributed by atoms with Crippen LogP contribution >= 0.6 is 0 Å². The molecular formula is C11H14N2O3. The highest BCUT2D eigenvalue weighted by atomic mass is 16.5. The van der Waals surface area contributed by atoms with Crippen LogP contribution in [0.1, 0.15) is 12.8 Å². The van der Waals surface area contributed by atoms with E-state index in [0.717, 1.165) is 0 Å². The molecule has 1 amide bonds. The van der Waals surface area contributed by atoms with Gasteiger partial charge in [0.05, 0.1) is 24.1 Å². The van der Waals surface area contributed by atoms with E-state index in [0.29, 0.717) is 25.1 Å². The van der Waals surface area contributed by atoms with Gasteiger partial charge in [0, 0.05) is 5.70 Å². The Morgan fingerprint density at radius 3 is 2.94 bits per heavy atom. The van der Waals surface area contributed by atoms with Gasteiger partial charge in [-0.1, -0.05) is 6.58 Å². The van der Waals surface area contributed by atoms with Crippen molar-refractivity contribution >= 4 is 11.9 Å². The number of rotatable bonds is 0. The summed E-state index contributed by atoms with van der Waals surface area (Å²) in [5.74, 6) is -0.232. The largest absolute Gasteiger partial charge is 0.465 e. The van der Waals surface area contributed by atoms with Gasteiger partial charge in [-0.3, -0.25) is 14.5 Å². The van der Waals surface area contributed by atoms with Crippen LogP contribution in [0.2, 0.25) is 0 Å². The van der Waals surface area contributed by atoms with Crippen LogP contribution in [0.5, 0.6) is 0 Å². The summed E-state index contributed by atoms with van der Waals surface area (Å²) in [5.41, 5.74) is 0.0791. The number of carbonyl (C=O) groups is 2. The molecule has 86 valence electrons. The van der Waals surface area contributed by atoms with Crippen LogP contribution in [0, 0.1) is 5.41 Å². The molecule has 0 aromatic rings. The van der Waals surface area contributed by atoms with Gasteiger partial charge in [0.15, 0.2) is 0 Å². The molecule has 1 spiro atoms. The average molecular weight is 222 g/mol. The summed E-state index contributed by atoms with van der Waals surface area (Å²) >= 11 is 0. The quantitative estimate of drug-likeness (QED) is 0.568. The zero-order valence-corrected chi connectivity index (χ0v) is 9.16. The summed E-state index contributed by atoms with van der Waals surface area (Å²) in [6.07, 6.45) is 1.24. The molecule has 0 unspecified atom stereocenters. The molecule has 3 fully saturated rings. The highest BCUT2D eigenvalue weighted by molar-refractivity contribution is 5.90. The maximum Gasteiger partial charge on any atom is 0.314 e. The highest BCUT2D eigenvalue weighted by Gasteiger charge is 2.63. The number of amides is 1. The molecule has 0 aromatic heterocycles. The Kier molecular flexibility index (Phi) is 1.75. The summed E-state index contributed by atoms with van der Waals surface area (Å²) in [5, 5.41) is 2.76. The second-order valence-corrected chi connectivity index (χ2v) is 4.84. The standard InChI is InChI=1S/C11H14N2O3/c1-6-8-11(3-4-16-10(11)15)5-7(13(8)2)9(14)12-6/h7-8H,1,3-5H2,2H3,(H,12,14)/t7-,8-,11+/m1/s1. The third-order valence-electron chi connectivity index (χ3n) is 4.08. The summed E-state index contributed by atoms with van der Waals surface area (Å²) in [7, 11) is 1.87. The van der Waals surface area contributed by atoms with Crippen molar-refractivity contribution in [2.24, 2.45) is 5.41 Å². The molecule has 16 heavy (non-hydrogen) atoms. The number of ether oxygens (including phenoxy) is 1. The SMILES string of the molecule is C=C1NC(=O)[C@H]2C[C@@]3(CCOC3=O)[C@@H]1N2C. The molecule has 0 aliphatic carbocycles. The van der Waals surface area contributed by atoms with E-state index >= 15 is 0 Å². The molecule has 5 heteroatoms. The minimum Gasteiger partial charge on any atom is -0.465 e. The van der Waals surface area contributed by atoms with Crippen LogP contribution in [0.3, 0.4) is 0 Å². The Morgan fingerprint density at radius 2 is 2.31 bits per heavy atom. The van der Waals surface area contributed by atoms with Crippen LogP contribution in [-0.4, -0.2) is 42.5 Å². The van der Waals surface area contributed by atoms with Crippen molar-refractivity contribution in [2.75, 3.05) is 13.7 Å². The van der Waals surface area contributed by atoms with E-state index in [1.807, 2.05) is 11.9 Å². The van der Waals surface area contributed by atoms with Gasteiger partial charge in [-0.05, 0) is 19.9 Å². The number of hydrogen-bond acceptors (Lipinski definition) is 4. The molecule has 3 heterocycles. The van der Waals surface area contributed by atoms with Crippen molar-refractivity contribution in [2.45, 2.75) is 24.9 Å². The maximum atomic E-state index is 11.9. The van der Waals surface area contributed by atoms with Crippen LogP contribution in [-0.2, 0) is 14.3 Å². The van der Waals surface area contributed by atoms with Crippen molar-refractivity contribution in [1.82, 2.24) is 10.2 Å². The number of carbonyl (C=O) groups excluding carboxylic acids is 2. The first-order chi connectivity index (χ1) is 7.56. The minimum atomic E-state index is -0.546. The number of nitrogens with zero attached hydrogens (tertiary/aromatic N) is 1. The number of piperazine rings is 1. The predicted molar refractivity (Wildman–Crippen MR) is 55.2 cm³/mol. The fraction of sp³-hybridized carbons (Fsp3) is 0.636. The van der Waals surface area contributed by atoms with Crippen molar-refractivity contribution in [3.8, 4) is 0 Å². The van der Waals surface area contributed by atoms with Crippen LogP contribution in [0.15, 0.2) is 12.3 Å². The van der Waals surface area contributed by atoms with Crippen molar-refractivity contribution in [1.29, 1.82) is 0 Å². The molecule has 3 aliphatic heterocycles. The second kappa shape index (κ2) is 2.85. The smallest absolute Gasteiger partial charge is 0.314 e. The van der Waals surface area contributed by atoms with Crippen molar-refractivity contribution in [3.63, 3.8) is 0 Å². The normalized spacial score (nSPS) is 42.7. The molecule has 0 saturated carbocycles. The van der Waals surface area contributed by atoms with Gasteiger partial charge in [-0.2, -0.15) is 0 Å². The Labute approximate surface area is 93.4 Å². The first kappa shape index (κ1) is 9.84. The number of hydrogen-bond donors (Lipinski definition) is 1. The molecule has 3 aliphatic rings. The lowest BCUT2D eigenvalue weighted by atomic mass is 9.77. The number of nitrogens with one attached hydrogen (secondary N) is 1. The molecule has 5 nitrogen and oxygen atoms in total. The molecule has 3 saturated heterocycles. The van der Waals surface area contributed by atoms with Crippen molar-refractivity contribution in [3.05, 3.63) is 12.3 Å². The number of fused-ring (bicyclic) bond motifs is 3. The first-order valence-electron chi connectivity index (χ1n) is 5.45. The van der Waals surface area contributed by atoms with Crippen LogP contribution in [0.4, 0.5) is 0 Å². The second-order valence-electron chi connectivity index (χ2n) is 4.84. The predicted octanol–water partition coefficient (Wildman–Crippen LogP) is -0.364. The lowest BCUT2D eigenvalue weighted by Gasteiger charge is -2.35. The molecule has 2 bridgehead atoms. The van der Waals surface area contributed by atoms with Gasteiger partial charge in [-0.25, -0.2) is 0 Å². The van der Waals surface area contributed by atoms with E-state index in [1.165, 1.54) is 0 Å². The van der Waals surface area contributed by atoms with Gasteiger partial charge in [0.25, 0.3) is 0 Å².